The number of aryl methyl sites for hydroxylation is 1. The fraction of sp³-hybridized carbons (Fsp3) is 0.615. The minimum atomic E-state index is 0.558. The van der Waals surface area contributed by atoms with Gasteiger partial charge in [-0.1, -0.05) is 19.8 Å². The predicted molar refractivity (Wildman–Crippen MR) is 68.4 cm³/mol. The molecule has 88 valence electrons. The molecule has 1 aromatic heterocycles. The summed E-state index contributed by atoms with van der Waals surface area (Å²) in [5.41, 5.74) is 7.56. The first-order chi connectivity index (χ1) is 7.69. The number of nitrogen functional groups attached to an aromatic ring is 1. The minimum Gasteiger partial charge on any atom is -0.397 e. The van der Waals surface area contributed by atoms with Crippen LogP contribution in [-0.4, -0.2) is 11.0 Å². The molecule has 3 heteroatoms. The highest BCUT2D eigenvalue weighted by atomic mass is 15.0. The molecule has 1 aliphatic carbocycles. The van der Waals surface area contributed by atoms with Gasteiger partial charge in [0.1, 0.15) is 5.82 Å². The zero-order valence-electron chi connectivity index (χ0n) is 10.2. The first-order valence-corrected chi connectivity index (χ1v) is 6.17. The monoisotopic (exact) mass is 219 g/mol. The van der Waals surface area contributed by atoms with Gasteiger partial charge in [-0.2, -0.15) is 0 Å². The summed E-state index contributed by atoms with van der Waals surface area (Å²) in [7, 11) is 0. The third-order valence-corrected chi connectivity index (χ3v) is 3.25. The number of nitrogens with one attached hydrogen (secondary N) is 1. The van der Waals surface area contributed by atoms with E-state index in [0.29, 0.717) is 6.04 Å². The van der Waals surface area contributed by atoms with E-state index in [-0.39, 0.29) is 0 Å². The summed E-state index contributed by atoms with van der Waals surface area (Å²) < 4.78 is 0. The summed E-state index contributed by atoms with van der Waals surface area (Å²) in [6, 6.07) is 2.53. The zero-order chi connectivity index (χ0) is 11.5. The van der Waals surface area contributed by atoms with E-state index in [4.69, 9.17) is 5.73 Å². The molecule has 1 unspecified atom stereocenters. The van der Waals surface area contributed by atoms with Crippen LogP contribution in [-0.2, 0) is 0 Å². The van der Waals surface area contributed by atoms with E-state index < -0.39 is 0 Å². The number of nitrogens with zero attached hydrogens (tertiary/aromatic N) is 1. The van der Waals surface area contributed by atoms with Gasteiger partial charge in [-0.15, -0.1) is 0 Å². The van der Waals surface area contributed by atoms with E-state index >= 15 is 0 Å². The van der Waals surface area contributed by atoms with Crippen LogP contribution in [0.2, 0.25) is 0 Å². The Kier molecular flexibility index (Phi) is 3.32. The van der Waals surface area contributed by atoms with Crippen molar-refractivity contribution in [1.82, 2.24) is 4.98 Å². The quantitative estimate of drug-likeness (QED) is 0.800. The second-order valence-corrected chi connectivity index (χ2v) is 4.86. The molecule has 16 heavy (non-hydrogen) atoms. The summed E-state index contributed by atoms with van der Waals surface area (Å²) in [5, 5.41) is 3.53. The van der Waals surface area contributed by atoms with E-state index in [1.807, 2.05) is 6.07 Å². The van der Waals surface area contributed by atoms with Crippen molar-refractivity contribution in [2.24, 2.45) is 5.92 Å². The number of hydrogen-bond donors (Lipinski definition) is 2. The van der Waals surface area contributed by atoms with Crippen LogP contribution in [0.1, 0.15) is 38.2 Å². The smallest absolute Gasteiger partial charge is 0.129 e. The number of aromatic nitrogens is 1. The van der Waals surface area contributed by atoms with Gasteiger partial charge in [0.05, 0.1) is 11.9 Å². The van der Waals surface area contributed by atoms with Crippen LogP contribution >= 0.6 is 0 Å². The van der Waals surface area contributed by atoms with Gasteiger partial charge in [0.2, 0.25) is 0 Å². The lowest BCUT2D eigenvalue weighted by molar-refractivity contribution is 0.585. The maximum atomic E-state index is 5.69. The van der Waals surface area contributed by atoms with Gasteiger partial charge in [-0.3, -0.25) is 0 Å². The molecule has 0 saturated heterocycles. The Labute approximate surface area is 97.5 Å². The van der Waals surface area contributed by atoms with Crippen molar-refractivity contribution in [2.75, 3.05) is 11.1 Å². The Bertz CT molecular complexity index is 358. The van der Waals surface area contributed by atoms with Crippen molar-refractivity contribution in [2.45, 2.75) is 45.6 Å². The standard InChI is InChI=1S/C13H21N3/c1-3-12(7-10-4-5-10)16-13-9(2)6-11(14)8-15-13/h6,8,10,12H,3-5,7,14H2,1-2H3,(H,15,16). The summed E-state index contributed by atoms with van der Waals surface area (Å²) >= 11 is 0. The van der Waals surface area contributed by atoms with E-state index in [1.165, 1.54) is 19.3 Å². The van der Waals surface area contributed by atoms with E-state index in [0.717, 1.165) is 29.4 Å². The first kappa shape index (κ1) is 11.2. The summed E-state index contributed by atoms with van der Waals surface area (Å²) in [6.45, 7) is 4.28. The molecular weight excluding hydrogens is 198 g/mol. The molecule has 1 saturated carbocycles. The minimum absolute atomic E-state index is 0.558. The summed E-state index contributed by atoms with van der Waals surface area (Å²) in [4.78, 5) is 4.36. The Morgan fingerprint density at radius 3 is 2.88 bits per heavy atom. The van der Waals surface area contributed by atoms with Crippen LogP contribution in [0, 0.1) is 12.8 Å². The molecule has 1 aliphatic rings. The van der Waals surface area contributed by atoms with Gasteiger partial charge in [-0.05, 0) is 37.3 Å². The number of pyridine rings is 1. The molecule has 0 bridgehead atoms. The summed E-state index contributed by atoms with van der Waals surface area (Å²) in [6.07, 6.45) is 6.97. The molecule has 0 radical (unpaired) electrons. The largest absolute Gasteiger partial charge is 0.397 e. The third kappa shape index (κ3) is 2.87. The Hall–Kier alpha value is -1.25. The highest BCUT2D eigenvalue weighted by Gasteiger charge is 2.24. The molecule has 0 aromatic carbocycles. The highest BCUT2D eigenvalue weighted by molar-refractivity contribution is 5.51. The number of hydrogen-bond acceptors (Lipinski definition) is 3. The average molecular weight is 219 g/mol. The Morgan fingerprint density at radius 1 is 1.56 bits per heavy atom. The molecule has 0 spiro atoms. The van der Waals surface area contributed by atoms with Gasteiger partial charge in [0.15, 0.2) is 0 Å². The zero-order valence-corrected chi connectivity index (χ0v) is 10.2. The van der Waals surface area contributed by atoms with Crippen LogP contribution in [0.25, 0.3) is 0 Å². The van der Waals surface area contributed by atoms with Gasteiger partial charge in [0, 0.05) is 6.04 Å². The summed E-state index contributed by atoms with van der Waals surface area (Å²) in [5.74, 6) is 1.94. The third-order valence-electron chi connectivity index (χ3n) is 3.25. The van der Waals surface area contributed by atoms with Gasteiger partial charge in [-0.25, -0.2) is 4.98 Å². The topological polar surface area (TPSA) is 50.9 Å². The van der Waals surface area contributed by atoms with Crippen molar-refractivity contribution >= 4 is 11.5 Å². The maximum absolute atomic E-state index is 5.69. The van der Waals surface area contributed by atoms with E-state index in [9.17, 15) is 0 Å². The van der Waals surface area contributed by atoms with E-state index in [1.54, 1.807) is 6.20 Å². The van der Waals surface area contributed by atoms with Crippen LogP contribution in [0.15, 0.2) is 12.3 Å². The van der Waals surface area contributed by atoms with Crippen molar-refractivity contribution in [3.63, 3.8) is 0 Å². The number of anilines is 2. The van der Waals surface area contributed by atoms with Gasteiger partial charge in [0.25, 0.3) is 0 Å². The molecule has 1 heterocycles. The predicted octanol–water partition coefficient (Wildman–Crippen LogP) is 2.96. The molecule has 1 atom stereocenters. The lowest BCUT2D eigenvalue weighted by atomic mass is 10.1. The Morgan fingerprint density at radius 2 is 2.31 bits per heavy atom. The first-order valence-electron chi connectivity index (χ1n) is 6.17. The van der Waals surface area contributed by atoms with Crippen LogP contribution < -0.4 is 11.1 Å². The molecule has 0 aliphatic heterocycles. The van der Waals surface area contributed by atoms with Crippen molar-refractivity contribution < 1.29 is 0 Å². The van der Waals surface area contributed by atoms with Gasteiger partial charge < -0.3 is 11.1 Å². The van der Waals surface area contributed by atoms with Crippen molar-refractivity contribution in [3.8, 4) is 0 Å². The molecule has 1 aromatic rings. The molecule has 1 fully saturated rings. The molecule has 3 N–H and O–H groups in total. The fourth-order valence-corrected chi connectivity index (χ4v) is 2.02. The number of nitrogens with two attached hydrogens (primary N) is 1. The van der Waals surface area contributed by atoms with Gasteiger partial charge >= 0.3 is 0 Å². The van der Waals surface area contributed by atoms with Crippen LogP contribution in [0.3, 0.4) is 0 Å². The normalized spacial score (nSPS) is 17.1. The van der Waals surface area contributed by atoms with Crippen LogP contribution in [0.4, 0.5) is 11.5 Å². The average Bonchev–Trinajstić information content (AvgIpc) is 3.04. The second-order valence-electron chi connectivity index (χ2n) is 4.86. The SMILES string of the molecule is CCC(CC1CC1)Nc1ncc(N)cc1C. The second kappa shape index (κ2) is 4.73. The van der Waals surface area contributed by atoms with Crippen molar-refractivity contribution in [3.05, 3.63) is 17.8 Å². The maximum Gasteiger partial charge on any atom is 0.129 e. The van der Waals surface area contributed by atoms with E-state index in [2.05, 4.69) is 24.1 Å². The van der Waals surface area contributed by atoms with Crippen molar-refractivity contribution in [1.29, 1.82) is 0 Å². The fourth-order valence-electron chi connectivity index (χ4n) is 2.02. The molecular formula is C13H21N3. The Balaban J connectivity index is 1.99. The lowest BCUT2D eigenvalue weighted by Crippen LogP contribution is -2.20. The number of rotatable bonds is 5. The lowest BCUT2D eigenvalue weighted by Gasteiger charge is -2.18. The highest BCUT2D eigenvalue weighted by Crippen LogP contribution is 2.34. The molecule has 0 amide bonds. The molecule has 3 nitrogen and oxygen atoms in total. The van der Waals surface area contributed by atoms with Crippen LogP contribution in [0.5, 0.6) is 0 Å². The molecule has 2 rings (SSSR count).